The van der Waals surface area contributed by atoms with Crippen LogP contribution in [-0.2, 0) is 0 Å². The van der Waals surface area contributed by atoms with Crippen LogP contribution < -0.4 is 0 Å². The summed E-state index contributed by atoms with van der Waals surface area (Å²) in [5.41, 5.74) is 1.93. The zero-order valence-electron chi connectivity index (χ0n) is 8.21. The van der Waals surface area contributed by atoms with E-state index < -0.39 is 0 Å². The number of fused-ring (bicyclic) bond motifs is 3. The van der Waals surface area contributed by atoms with E-state index in [9.17, 15) is 0 Å². The van der Waals surface area contributed by atoms with E-state index in [-0.39, 0.29) is 0 Å². The highest BCUT2D eigenvalue weighted by molar-refractivity contribution is 7.99. The Balaban J connectivity index is 2.26. The number of hydrogen-bond acceptors (Lipinski definition) is 4. The normalized spacial score (nSPS) is 10.9. The first-order chi connectivity index (χ1) is 7.90. The highest BCUT2D eigenvalue weighted by Gasteiger charge is 2.10. The second kappa shape index (κ2) is 3.54. The van der Waals surface area contributed by atoms with E-state index >= 15 is 0 Å². The number of hydrogen-bond donors (Lipinski definition) is 1. The third-order valence-corrected chi connectivity index (χ3v) is 3.07. The molecular formula is C10H7N5S. The van der Waals surface area contributed by atoms with E-state index in [0.29, 0.717) is 11.5 Å². The third-order valence-electron chi connectivity index (χ3n) is 2.27. The molecule has 0 unspecified atom stereocenters. The van der Waals surface area contributed by atoms with Crippen LogP contribution >= 0.6 is 11.8 Å². The number of rotatable bonds is 2. The number of thioether (sulfide) groups is 1. The van der Waals surface area contributed by atoms with E-state index in [1.165, 1.54) is 11.8 Å². The molecule has 0 aliphatic carbocycles. The Morgan fingerprint density at radius 1 is 1.44 bits per heavy atom. The fraction of sp³-hybridized carbons (Fsp3) is 0.100. The summed E-state index contributed by atoms with van der Waals surface area (Å²) in [6.45, 7) is 0. The summed E-state index contributed by atoms with van der Waals surface area (Å²) in [4.78, 5) is 4.39. The van der Waals surface area contributed by atoms with Crippen molar-refractivity contribution in [2.75, 3.05) is 5.75 Å². The molecule has 3 rings (SSSR count). The van der Waals surface area contributed by atoms with E-state index in [1.54, 1.807) is 0 Å². The van der Waals surface area contributed by atoms with Crippen molar-refractivity contribution in [2.45, 2.75) is 5.16 Å². The second-order valence-electron chi connectivity index (χ2n) is 3.21. The molecule has 0 bridgehead atoms. The van der Waals surface area contributed by atoms with E-state index in [1.807, 2.05) is 28.7 Å². The van der Waals surface area contributed by atoms with Gasteiger partial charge in [-0.1, -0.05) is 23.9 Å². The zero-order valence-corrected chi connectivity index (χ0v) is 9.03. The van der Waals surface area contributed by atoms with E-state index in [0.717, 1.165) is 16.2 Å². The Morgan fingerprint density at radius 2 is 2.31 bits per heavy atom. The summed E-state index contributed by atoms with van der Waals surface area (Å²) in [5, 5.41) is 16.3. The molecule has 0 saturated carbocycles. The van der Waals surface area contributed by atoms with Crippen LogP contribution in [-0.4, -0.2) is 25.3 Å². The number of aromatic amines is 1. The lowest BCUT2D eigenvalue weighted by Crippen LogP contribution is -1.85. The second-order valence-corrected chi connectivity index (χ2v) is 4.16. The summed E-state index contributed by atoms with van der Waals surface area (Å²) in [7, 11) is 0. The van der Waals surface area contributed by atoms with Crippen molar-refractivity contribution in [2.24, 2.45) is 0 Å². The maximum atomic E-state index is 8.57. The molecule has 0 aliphatic rings. The van der Waals surface area contributed by atoms with Crippen LogP contribution in [0.4, 0.5) is 0 Å². The Labute approximate surface area is 95.1 Å². The minimum absolute atomic E-state index is 0.381. The Hall–Kier alpha value is -2.00. The lowest BCUT2D eigenvalue weighted by Gasteiger charge is -1.93. The van der Waals surface area contributed by atoms with Crippen molar-refractivity contribution in [1.29, 1.82) is 5.26 Å². The van der Waals surface area contributed by atoms with Gasteiger partial charge in [0, 0.05) is 0 Å². The quantitative estimate of drug-likeness (QED) is 0.680. The summed E-state index contributed by atoms with van der Waals surface area (Å²) >= 11 is 1.40. The molecule has 3 aromatic rings. The molecule has 6 heteroatoms. The number of benzene rings is 1. The Morgan fingerprint density at radius 3 is 3.19 bits per heavy atom. The van der Waals surface area contributed by atoms with Crippen molar-refractivity contribution < 1.29 is 0 Å². The molecule has 0 radical (unpaired) electrons. The fourth-order valence-corrected chi connectivity index (χ4v) is 2.25. The molecule has 0 atom stereocenters. The number of H-pyrrole nitrogens is 1. The smallest absolute Gasteiger partial charge is 0.231 e. The van der Waals surface area contributed by atoms with Crippen molar-refractivity contribution in [3.8, 4) is 6.07 Å². The van der Waals surface area contributed by atoms with Gasteiger partial charge in [-0.2, -0.15) is 5.26 Å². The van der Waals surface area contributed by atoms with Crippen LogP contribution in [0.25, 0.3) is 16.8 Å². The molecule has 0 aliphatic heterocycles. The number of imidazole rings is 1. The number of nitrogens with zero attached hydrogens (tertiary/aromatic N) is 4. The summed E-state index contributed by atoms with van der Waals surface area (Å²) in [5.74, 6) is 1.09. The molecule has 16 heavy (non-hydrogen) atoms. The molecule has 2 aromatic heterocycles. The standard InChI is InChI=1S/C10H7N5S/c11-5-6-16-10-14-13-9-12-7-3-1-2-4-8(7)15(9)10/h1-4H,6H2,(H,12,13). The van der Waals surface area contributed by atoms with Crippen LogP contribution in [0.1, 0.15) is 0 Å². The van der Waals surface area contributed by atoms with Gasteiger partial charge < -0.3 is 0 Å². The van der Waals surface area contributed by atoms with Gasteiger partial charge in [-0.3, -0.25) is 4.40 Å². The minimum Gasteiger partial charge on any atom is -0.254 e. The summed E-state index contributed by atoms with van der Waals surface area (Å²) in [6.07, 6.45) is 0. The van der Waals surface area contributed by atoms with Gasteiger partial charge in [-0.25, -0.2) is 10.1 Å². The predicted molar refractivity (Wildman–Crippen MR) is 61.2 cm³/mol. The molecule has 0 spiro atoms. The number of para-hydroxylation sites is 2. The lowest BCUT2D eigenvalue weighted by atomic mass is 10.3. The van der Waals surface area contributed by atoms with Gasteiger partial charge in [-0.15, -0.1) is 5.10 Å². The molecule has 0 saturated heterocycles. The first kappa shape index (κ1) is 9.24. The number of nitrogens with one attached hydrogen (secondary N) is 1. The Bertz CT molecular complexity index is 690. The van der Waals surface area contributed by atoms with Gasteiger partial charge in [0.2, 0.25) is 5.78 Å². The first-order valence-electron chi connectivity index (χ1n) is 4.71. The van der Waals surface area contributed by atoms with Crippen LogP contribution in [0.5, 0.6) is 0 Å². The minimum atomic E-state index is 0.381. The van der Waals surface area contributed by atoms with Crippen molar-refractivity contribution in [3.63, 3.8) is 0 Å². The fourth-order valence-electron chi connectivity index (χ4n) is 1.64. The van der Waals surface area contributed by atoms with Crippen molar-refractivity contribution >= 4 is 28.6 Å². The number of nitriles is 1. The summed E-state index contributed by atoms with van der Waals surface area (Å²) in [6, 6.07) is 9.94. The van der Waals surface area contributed by atoms with Gasteiger partial charge in [0.15, 0.2) is 5.16 Å². The number of aromatic nitrogens is 4. The van der Waals surface area contributed by atoms with Crippen LogP contribution in [0.3, 0.4) is 0 Å². The highest BCUT2D eigenvalue weighted by atomic mass is 32.2. The SMILES string of the molecule is N#CCSc1n[nH]c2nc3ccccc3n12. The van der Waals surface area contributed by atoms with Gasteiger partial charge in [0.05, 0.1) is 22.9 Å². The van der Waals surface area contributed by atoms with Gasteiger partial charge in [0.1, 0.15) is 0 Å². The first-order valence-corrected chi connectivity index (χ1v) is 5.70. The average Bonchev–Trinajstić information content (AvgIpc) is 2.85. The monoisotopic (exact) mass is 229 g/mol. The largest absolute Gasteiger partial charge is 0.254 e. The van der Waals surface area contributed by atoms with Gasteiger partial charge >= 0.3 is 0 Å². The van der Waals surface area contributed by atoms with Crippen LogP contribution in [0.2, 0.25) is 0 Å². The molecular weight excluding hydrogens is 222 g/mol. The average molecular weight is 229 g/mol. The maximum Gasteiger partial charge on any atom is 0.231 e. The van der Waals surface area contributed by atoms with Gasteiger partial charge in [-0.05, 0) is 12.1 Å². The van der Waals surface area contributed by atoms with E-state index in [2.05, 4.69) is 21.3 Å². The molecule has 0 amide bonds. The van der Waals surface area contributed by atoms with Crippen molar-refractivity contribution in [3.05, 3.63) is 24.3 Å². The topological polar surface area (TPSA) is 69.8 Å². The van der Waals surface area contributed by atoms with Crippen LogP contribution in [0, 0.1) is 11.3 Å². The molecule has 78 valence electrons. The summed E-state index contributed by atoms with van der Waals surface area (Å²) < 4.78 is 1.93. The van der Waals surface area contributed by atoms with Crippen molar-refractivity contribution in [1.82, 2.24) is 19.6 Å². The lowest BCUT2D eigenvalue weighted by molar-refractivity contribution is 0.942. The van der Waals surface area contributed by atoms with Gasteiger partial charge in [0.25, 0.3) is 0 Å². The molecule has 1 aromatic carbocycles. The predicted octanol–water partition coefficient (Wildman–Crippen LogP) is 1.83. The molecule has 1 N–H and O–H groups in total. The highest BCUT2D eigenvalue weighted by Crippen LogP contribution is 2.22. The van der Waals surface area contributed by atoms with E-state index in [4.69, 9.17) is 5.26 Å². The zero-order chi connectivity index (χ0) is 11.0. The molecule has 5 nitrogen and oxygen atoms in total. The maximum absolute atomic E-state index is 8.57. The molecule has 2 heterocycles. The van der Waals surface area contributed by atoms with Crippen LogP contribution in [0.15, 0.2) is 29.4 Å². The Kier molecular flexibility index (Phi) is 2.04. The molecule has 0 fully saturated rings. The third kappa shape index (κ3) is 1.26.